The molecule has 1 N–H and O–H groups in total. The fraction of sp³-hybridized carbons (Fsp3) is 0.200. The first-order valence-electron chi connectivity index (χ1n) is 10.7. The predicted molar refractivity (Wildman–Crippen MR) is 138 cm³/mol. The minimum Gasteiger partial charge on any atom is -0.497 e. The zero-order chi connectivity index (χ0) is 27.2. The van der Waals surface area contributed by atoms with Crippen molar-refractivity contribution in [3.63, 3.8) is 0 Å². The number of rotatable bonds is 10. The number of ether oxygens (including phenoxy) is 4. The van der Waals surface area contributed by atoms with Crippen molar-refractivity contribution < 1.29 is 37.0 Å². The van der Waals surface area contributed by atoms with E-state index >= 15 is 0 Å². The summed E-state index contributed by atoms with van der Waals surface area (Å²) in [5.41, 5.74) is 0.196. The van der Waals surface area contributed by atoms with E-state index in [-0.39, 0.29) is 38.4 Å². The van der Waals surface area contributed by atoms with Gasteiger partial charge in [-0.15, -0.1) is 0 Å². The summed E-state index contributed by atoms with van der Waals surface area (Å²) in [4.78, 5) is 25.5. The number of carbonyl (C=O) groups excluding carboxylic acids is 2. The van der Waals surface area contributed by atoms with Crippen LogP contribution in [0.1, 0.15) is 10.4 Å². The number of amides is 1. The second-order valence-electron chi connectivity index (χ2n) is 7.46. The molecule has 0 heterocycles. The van der Waals surface area contributed by atoms with Crippen molar-refractivity contribution in [2.45, 2.75) is 4.90 Å². The third kappa shape index (κ3) is 6.25. The molecule has 0 atom stereocenters. The molecule has 3 rings (SSSR count). The highest BCUT2D eigenvalue weighted by Gasteiger charge is 2.28. The fourth-order valence-electron chi connectivity index (χ4n) is 3.40. The van der Waals surface area contributed by atoms with Crippen LogP contribution in [0.3, 0.4) is 0 Å². The molecule has 0 aliphatic heterocycles. The van der Waals surface area contributed by atoms with Crippen LogP contribution in [-0.4, -0.2) is 55.3 Å². The van der Waals surface area contributed by atoms with Crippen LogP contribution in [0.15, 0.2) is 65.6 Å². The lowest BCUT2D eigenvalue weighted by atomic mass is 10.1. The molecule has 12 heteroatoms. The van der Waals surface area contributed by atoms with E-state index in [0.29, 0.717) is 5.75 Å². The Labute approximate surface area is 219 Å². The number of esters is 1. The van der Waals surface area contributed by atoms with Crippen molar-refractivity contribution in [2.24, 2.45) is 0 Å². The van der Waals surface area contributed by atoms with E-state index in [9.17, 15) is 18.0 Å². The van der Waals surface area contributed by atoms with E-state index in [1.807, 2.05) is 0 Å². The van der Waals surface area contributed by atoms with E-state index < -0.39 is 28.4 Å². The number of hydrogen-bond acceptors (Lipinski definition) is 8. The SMILES string of the molecule is COC(=O)c1cc(OC)c(OC)cc1NC(=O)CN(c1cccc(Cl)c1)S(=O)(=O)c1ccc(OC)cc1. The zero-order valence-corrected chi connectivity index (χ0v) is 22.1. The van der Waals surface area contributed by atoms with Gasteiger partial charge in [-0.05, 0) is 42.5 Å². The van der Waals surface area contributed by atoms with Gasteiger partial charge < -0.3 is 24.3 Å². The number of nitrogens with one attached hydrogen (secondary N) is 1. The van der Waals surface area contributed by atoms with Crippen LogP contribution in [0.2, 0.25) is 5.02 Å². The van der Waals surface area contributed by atoms with Gasteiger partial charge in [0.1, 0.15) is 12.3 Å². The van der Waals surface area contributed by atoms with Gasteiger partial charge >= 0.3 is 5.97 Å². The maximum absolute atomic E-state index is 13.6. The first kappa shape index (κ1) is 27.6. The molecule has 1 amide bonds. The number of benzene rings is 3. The number of methoxy groups -OCH3 is 4. The van der Waals surface area contributed by atoms with Crippen molar-refractivity contribution >= 4 is 44.9 Å². The van der Waals surface area contributed by atoms with E-state index in [4.69, 9.17) is 30.5 Å². The summed E-state index contributed by atoms with van der Waals surface area (Å²) < 4.78 is 48.5. The molecule has 0 saturated heterocycles. The number of halogens is 1. The molecule has 0 fully saturated rings. The number of nitrogens with zero attached hydrogens (tertiary/aromatic N) is 1. The number of carbonyl (C=O) groups is 2. The van der Waals surface area contributed by atoms with E-state index in [0.717, 1.165) is 4.31 Å². The Morgan fingerprint density at radius 2 is 1.54 bits per heavy atom. The van der Waals surface area contributed by atoms with Gasteiger partial charge in [0.25, 0.3) is 10.0 Å². The molecule has 0 bridgehead atoms. The molecule has 0 aromatic heterocycles. The Kier molecular flexibility index (Phi) is 8.85. The Balaban J connectivity index is 2.01. The highest BCUT2D eigenvalue weighted by molar-refractivity contribution is 7.92. The summed E-state index contributed by atoms with van der Waals surface area (Å²) in [6.07, 6.45) is 0. The summed E-state index contributed by atoms with van der Waals surface area (Å²) in [6.45, 7) is -0.635. The molecule has 3 aromatic carbocycles. The van der Waals surface area contributed by atoms with Crippen LogP contribution >= 0.6 is 11.6 Å². The highest BCUT2D eigenvalue weighted by atomic mass is 35.5. The smallest absolute Gasteiger partial charge is 0.340 e. The molecule has 0 aliphatic rings. The second kappa shape index (κ2) is 11.8. The summed E-state index contributed by atoms with van der Waals surface area (Å²) in [5.74, 6) is -0.537. The lowest BCUT2D eigenvalue weighted by Gasteiger charge is -2.24. The largest absolute Gasteiger partial charge is 0.497 e. The minimum absolute atomic E-state index is 0.0131. The monoisotopic (exact) mass is 548 g/mol. The maximum Gasteiger partial charge on any atom is 0.340 e. The average molecular weight is 549 g/mol. The van der Waals surface area contributed by atoms with Gasteiger partial charge in [0.05, 0.1) is 50.3 Å². The normalized spacial score (nSPS) is 10.8. The Bertz CT molecular complexity index is 1390. The number of anilines is 2. The van der Waals surface area contributed by atoms with Crippen LogP contribution in [0.4, 0.5) is 11.4 Å². The van der Waals surface area contributed by atoms with Crippen LogP contribution in [-0.2, 0) is 19.6 Å². The molecule has 37 heavy (non-hydrogen) atoms. The van der Waals surface area contributed by atoms with E-state index in [1.165, 1.54) is 77.0 Å². The van der Waals surface area contributed by atoms with Crippen molar-refractivity contribution in [3.8, 4) is 17.2 Å². The van der Waals surface area contributed by atoms with Crippen LogP contribution in [0.25, 0.3) is 0 Å². The van der Waals surface area contributed by atoms with Crippen LogP contribution in [0, 0.1) is 0 Å². The number of sulfonamides is 1. The summed E-state index contributed by atoms with van der Waals surface area (Å²) >= 11 is 6.11. The molecule has 196 valence electrons. The molecule has 10 nitrogen and oxygen atoms in total. The van der Waals surface area contributed by atoms with Gasteiger partial charge in [-0.2, -0.15) is 0 Å². The average Bonchev–Trinajstić information content (AvgIpc) is 2.90. The summed E-state index contributed by atoms with van der Waals surface area (Å²) in [5, 5.41) is 2.85. The van der Waals surface area contributed by atoms with E-state index in [1.54, 1.807) is 12.1 Å². The number of hydrogen-bond donors (Lipinski definition) is 1. The molecule has 0 radical (unpaired) electrons. The quantitative estimate of drug-likeness (QED) is 0.378. The second-order valence-corrected chi connectivity index (χ2v) is 9.76. The Morgan fingerprint density at radius 3 is 2.11 bits per heavy atom. The van der Waals surface area contributed by atoms with Crippen molar-refractivity contribution in [3.05, 3.63) is 71.2 Å². The highest BCUT2D eigenvalue weighted by Crippen LogP contribution is 2.34. The van der Waals surface area contributed by atoms with Crippen molar-refractivity contribution in [2.75, 3.05) is 44.6 Å². The van der Waals surface area contributed by atoms with Crippen LogP contribution in [0.5, 0.6) is 17.2 Å². The molecule has 0 spiro atoms. The van der Waals surface area contributed by atoms with Crippen LogP contribution < -0.4 is 23.8 Å². The minimum atomic E-state index is -4.22. The molecular formula is C25H25ClN2O8S. The standard InChI is InChI=1S/C25H25ClN2O8S/c1-33-18-8-10-19(11-9-18)37(31,32)28(17-7-5-6-16(26)12-17)15-24(29)27-21-14-23(35-3)22(34-2)13-20(21)25(30)36-4/h5-14H,15H2,1-4H3,(H,27,29). The Morgan fingerprint density at radius 1 is 0.892 bits per heavy atom. The van der Waals surface area contributed by atoms with Gasteiger partial charge in [-0.3, -0.25) is 9.10 Å². The van der Waals surface area contributed by atoms with E-state index in [2.05, 4.69) is 5.32 Å². The summed E-state index contributed by atoms with van der Waals surface area (Å²) in [6, 6.07) is 14.5. The topological polar surface area (TPSA) is 120 Å². The van der Waals surface area contributed by atoms with Gasteiger partial charge in [-0.25, -0.2) is 13.2 Å². The molecule has 0 unspecified atom stereocenters. The Hall–Kier alpha value is -3.96. The third-order valence-electron chi connectivity index (χ3n) is 5.23. The lowest BCUT2D eigenvalue weighted by Crippen LogP contribution is -2.38. The lowest BCUT2D eigenvalue weighted by molar-refractivity contribution is -0.114. The predicted octanol–water partition coefficient (Wildman–Crippen LogP) is 3.99. The fourth-order valence-corrected chi connectivity index (χ4v) is 5.00. The van der Waals surface area contributed by atoms with Gasteiger partial charge in [0.15, 0.2) is 11.5 Å². The van der Waals surface area contributed by atoms with Crippen molar-refractivity contribution in [1.82, 2.24) is 0 Å². The molecule has 3 aromatic rings. The van der Waals surface area contributed by atoms with Gasteiger partial charge in [0, 0.05) is 17.2 Å². The molecular weight excluding hydrogens is 524 g/mol. The van der Waals surface area contributed by atoms with Gasteiger partial charge in [0.2, 0.25) is 5.91 Å². The summed E-state index contributed by atoms with van der Waals surface area (Å²) in [7, 11) is 1.22. The maximum atomic E-state index is 13.6. The molecule has 0 saturated carbocycles. The van der Waals surface area contributed by atoms with Crippen molar-refractivity contribution in [1.29, 1.82) is 0 Å². The van der Waals surface area contributed by atoms with Gasteiger partial charge in [-0.1, -0.05) is 17.7 Å². The zero-order valence-electron chi connectivity index (χ0n) is 20.5. The first-order valence-corrected chi connectivity index (χ1v) is 12.5. The third-order valence-corrected chi connectivity index (χ3v) is 7.26. The molecule has 0 aliphatic carbocycles. The first-order chi connectivity index (χ1) is 17.6.